The molecule has 24 heavy (non-hydrogen) atoms. The molecule has 2 N–H and O–H groups in total. The summed E-state index contributed by atoms with van der Waals surface area (Å²) in [7, 11) is 3.96. The SMILES string of the molecule is C[NH+](C)[C@H](CNc1ncnc2ccccc12)c1c(F)cccc1Cl. The van der Waals surface area contributed by atoms with Gasteiger partial charge >= 0.3 is 0 Å². The standard InChI is InChI=1S/C18H18ClFN4/c1-24(2)16(17-13(19)7-5-8-14(17)20)10-21-18-12-6-3-4-9-15(12)22-11-23-18/h3-9,11,16H,10H2,1-2H3,(H,21,22,23)/p+1/t16-/m1/s1. The molecule has 0 aliphatic heterocycles. The maximum absolute atomic E-state index is 14.3. The van der Waals surface area contributed by atoms with E-state index in [-0.39, 0.29) is 11.9 Å². The molecule has 1 heterocycles. The lowest BCUT2D eigenvalue weighted by Crippen LogP contribution is -3.06. The Morgan fingerprint density at radius 2 is 1.92 bits per heavy atom. The van der Waals surface area contributed by atoms with E-state index in [2.05, 4.69) is 15.3 Å². The molecule has 0 spiro atoms. The van der Waals surface area contributed by atoms with Crippen molar-refractivity contribution in [2.75, 3.05) is 26.0 Å². The Hall–Kier alpha value is -2.24. The highest BCUT2D eigenvalue weighted by Gasteiger charge is 2.24. The van der Waals surface area contributed by atoms with Gasteiger partial charge in [0.25, 0.3) is 0 Å². The first-order valence-electron chi connectivity index (χ1n) is 7.75. The average molecular weight is 346 g/mol. The van der Waals surface area contributed by atoms with Crippen LogP contribution in [-0.4, -0.2) is 30.6 Å². The Morgan fingerprint density at radius 3 is 2.67 bits per heavy atom. The third-order valence-corrected chi connectivity index (χ3v) is 4.39. The molecular weight excluding hydrogens is 327 g/mol. The Balaban J connectivity index is 1.90. The Labute approximate surface area is 145 Å². The van der Waals surface area contributed by atoms with E-state index in [1.54, 1.807) is 12.1 Å². The molecule has 0 unspecified atom stereocenters. The van der Waals surface area contributed by atoms with Gasteiger partial charge in [-0.05, 0) is 24.3 Å². The number of quaternary nitrogens is 1. The van der Waals surface area contributed by atoms with Gasteiger partial charge in [0, 0.05) is 5.39 Å². The first-order valence-corrected chi connectivity index (χ1v) is 8.13. The van der Waals surface area contributed by atoms with E-state index in [0.29, 0.717) is 17.1 Å². The molecule has 0 amide bonds. The van der Waals surface area contributed by atoms with Crippen LogP contribution in [0, 0.1) is 5.82 Å². The third kappa shape index (κ3) is 3.32. The van der Waals surface area contributed by atoms with Crippen LogP contribution in [-0.2, 0) is 0 Å². The summed E-state index contributed by atoms with van der Waals surface area (Å²) >= 11 is 6.24. The van der Waals surface area contributed by atoms with Crippen LogP contribution >= 0.6 is 11.6 Å². The summed E-state index contributed by atoms with van der Waals surface area (Å²) < 4.78 is 14.3. The van der Waals surface area contributed by atoms with Gasteiger partial charge in [0.2, 0.25) is 0 Å². The Morgan fingerprint density at radius 1 is 1.12 bits per heavy atom. The third-order valence-electron chi connectivity index (χ3n) is 4.06. The first-order chi connectivity index (χ1) is 11.6. The van der Waals surface area contributed by atoms with Gasteiger partial charge in [-0.3, -0.25) is 0 Å². The number of para-hydroxylation sites is 1. The second-order valence-corrected chi connectivity index (χ2v) is 6.29. The van der Waals surface area contributed by atoms with Crippen LogP contribution in [0.4, 0.5) is 10.2 Å². The number of nitrogens with one attached hydrogen (secondary N) is 2. The molecule has 0 aliphatic rings. The molecule has 1 aromatic heterocycles. The highest BCUT2D eigenvalue weighted by atomic mass is 35.5. The highest BCUT2D eigenvalue weighted by Crippen LogP contribution is 2.25. The predicted octanol–water partition coefficient (Wildman–Crippen LogP) is 2.72. The second kappa shape index (κ2) is 7.11. The van der Waals surface area contributed by atoms with Gasteiger partial charge < -0.3 is 10.2 Å². The van der Waals surface area contributed by atoms with E-state index >= 15 is 0 Å². The summed E-state index contributed by atoms with van der Waals surface area (Å²) in [6.07, 6.45) is 1.53. The van der Waals surface area contributed by atoms with E-state index in [9.17, 15) is 4.39 Å². The maximum Gasteiger partial charge on any atom is 0.137 e. The summed E-state index contributed by atoms with van der Waals surface area (Å²) in [5, 5.41) is 4.70. The molecule has 6 heteroatoms. The van der Waals surface area contributed by atoms with Crippen LogP contribution in [0.5, 0.6) is 0 Å². The number of benzene rings is 2. The van der Waals surface area contributed by atoms with Crippen molar-refractivity contribution >= 4 is 28.3 Å². The molecule has 0 saturated heterocycles. The monoisotopic (exact) mass is 345 g/mol. The summed E-state index contributed by atoms with van der Waals surface area (Å²) in [6, 6.07) is 12.4. The molecule has 4 nitrogen and oxygen atoms in total. The van der Waals surface area contributed by atoms with E-state index in [0.717, 1.165) is 21.6 Å². The number of likely N-dealkylation sites (N-methyl/N-ethyl adjacent to an activating group) is 1. The molecule has 2 aromatic carbocycles. The fourth-order valence-corrected chi connectivity index (χ4v) is 3.08. The molecule has 0 fully saturated rings. The Kier molecular flexibility index (Phi) is 4.92. The number of anilines is 1. The number of aromatic nitrogens is 2. The molecule has 124 valence electrons. The minimum absolute atomic E-state index is 0.146. The van der Waals surface area contributed by atoms with Crippen molar-refractivity contribution in [1.82, 2.24) is 9.97 Å². The zero-order valence-corrected chi connectivity index (χ0v) is 14.3. The number of halogens is 2. The summed E-state index contributed by atoms with van der Waals surface area (Å²) in [6.45, 7) is 0.504. The van der Waals surface area contributed by atoms with E-state index in [1.165, 1.54) is 12.4 Å². The van der Waals surface area contributed by atoms with Gasteiger partial charge in [0.05, 0.1) is 36.7 Å². The smallest absolute Gasteiger partial charge is 0.137 e. The van der Waals surface area contributed by atoms with Gasteiger partial charge in [-0.1, -0.05) is 29.8 Å². The van der Waals surface area contributed by atoms with Crippen molar-refractivity contribution in [2.45, 2.75) is 6.04 Å². The van der Waals surface area contributed by atoms with Crippen molar-refractivity contribution in [1.29, 1.82) is 0 Å². The number of hydrogen-bond acceptors (Lipinski definition) is 3. The number of fused-ring (bicyclic) bond motifs is 1. The summed E-state index contributed by atoms with van der Waals surface area (Å²) in [5.41, 5.74) is 1.39. The molecule has 3 rings (SSSR count). The molecule has 1 atom stereocenters. The molecule has 0 aliphatic carbocycles. The second-order valence-electron chi connectivity index (χ2n) is 5.89. The van der Waals surface area contributed by atoms with Crippen molar-refractivity contribution in [2.24, 2.45) is 0 Å². The largest absolute Gasteiger partial charge is 0.363 e. The van der Waals surface area contributed by atoms with Crippen molar-refractivity contribution in [3.8, 4) is 0 Å². The van der Waals surface area contributed by atoms with Gasteiger partial charge in [0.15, 0.2) is 0 Å². The van der Waals surface area contributed by atoms with Gasteiger partial charge in [0.1, 0.15) is 24.0 Å². The predicted molar refractivity (Wildman–Crippen MR) is 95.0 cm³/mol. The fourth-order valence-electron chi connectivity index (χ4n) is 2.78. The van der Waals surface area contributed by atoms with Gasteiger partial charge in [-0.2, -0.15) is 0 Å². The molecular formula is C18H19ClFN4+. The maximum atomic E-state index is 14.3. The highest BCUT2D eigenvalue weighted by molar-refractivity contribution is 6.31. The zero-order valence-electron chi connectivity index (χ0n) is 13.6. The minimum atomic E-state index is -0.289. The zero-order chi connectivity index (χ0) is 17.1. The average Bonchev–Trinajstić information content (AvgIpc) is 2.57. The summed E-state index contributed by atoms with van der Waals surface area (Å²) in [5.74, 6) is 0.447. The summed E-state index contributed by atoms with van der Waals surface area (Å²) in [4.78, 5) is 9.65. The lowest BCUT2D eigenvalue weighted by molar-refractivity contribution is -0.890. The lowest BCUT2D eigenvalue weighted by atomic mass is 10.0. The van der Waals surface area contributed by atoms with Crippen LogP contribution in [0.15, 0.2) is 48.8 Å². The normalized spacial score (nSPS) is 12.5. The molecule has 0 radical (unpaired) electrons. The topological polar surface area (TPSA) is 42.2 Å². The number of rotatable bonds is 5. The quantitative estimate of drug-likeness (QED) is 0.747. The van der Waals surface area contributed by atoms with Crippen LogP contribution in [0.25, 0.3) is 10.9 Å². The fraction of sp³-hybridized carbons (Fsp3) is 0.222. The van der Waals surface area contributed by atoms with E-state index in [1.807, 2.05) is 38.4 Å². The van der Waals surface area contributed by atoms with Gasteiger partial charge in [-0.25, -0.2) is 14.4 Å². The van der Waals surface area contributed by atoms with Gasteiger partial charge in [-0.15, -0.1) is 0 Å². The lowest BCUT2D eigenvalue weighted by Gasteiger charge is -2.24. The molecule has 0 bridgehead atoms. The van der Waals surface area contributed by atoms with Crippen LogP contribution in [0.1, 0.15) is 11.6 Å². The Bertz CT molecular complexity index is 828. The van der Waals surface area contributed by atoms with Crippen LogP contribution in [0.2, 0.25) is 5.02 Å². The van der Waals surface area contributed by atoms with E-state index < -0.39 is 0 Å². The molecule has 3 aromatic rings. The van der Waals surface area contributed by atoms with Crippen LogP contribution < -0.4 is 10.2 Å². The number of hydrogen-bond donors (Lipinski definition) is 2. The van der Waals surface area contributed by atoms with Crippen molar-refractivity contribution < 1.29 is 9.29 Å². The molecule has 0 saturated carbocycles. The van der Waals surface area contributed by atoms with Crippen molar-refractivity contribution in [3.63, 3.8) is 0 Å². The van der Waals surface area contributed by atoms with E-state index in [4.69, 9.17) is 11.6 Å². The minimum Gasteiger partial charge on any atom is -0.363 e. The first kappa shape index (κ1) is 16.6. The van der Waals surface area contributed by atoms with Crippen molar-refractivity contribution in [3.05, 3.63) is 65.2 Å². The van der Waals surface area contributed by atoms with Crippen LogP contribution in [0.3, 0.4) is 0 Å². The number of nitrogens with zero attached hydrogens (tertiary/aromatic N) is 2.